The van der Waals surface area contributed by atoms with Crippen molar-refractivity contribution in [3.05, 3.63) is 12.0 Å². The van der Waals surface area contributed by atoms with Gasteiger partial charge in [0.25, 0.3) is 5.95 Å². The Balaban J connectivity index is 3.91. The maximum absolute atomic E-state index is 10.5. The van der Waals surface area contributed by atoms with E-state index in [0.29, 0.717) is 6.61 Å². The van der Waals surface area contributed by atoms with Crippen LogP contribution in [-0.4, -0.2) is 19.5 Å². The Bertz CT molecular complexity index is 138. The molecule has 0 unspecified atom stereocenters. The van der Waals surface area contributed by atoms with Crippen LogP contribution in [0.15, 0.2) is 12.0 Å². The van der Waals surface area contributed by atoms with Gasteiger partial charge in [-0.15, -0.1) is 0 Å². The van der Waals surface area contributed by atoms with Gasteiger partial charge in [-0.1, -0.05) is 0 Å². The van der Waals surface area contributed by atoms with Gasteiger partial charge in [-0.3, -0.25) is 4.79 Å². The van der Waals surface area contributed by atoms with Gasteiger partial charge in [0, 0.05) is 0 Å². The van der Waals surface area contributed by atoms with Gasteiger partial charge in [0.1, 0.15) is 0 Å². The minimum absolute atomic E-state index is 0.0784. The number of hydrogen-bond acceptors (Lipinski definition) is 3. The van der Waals surface area contributed by atoms with Gasteiger partial charge in [0.15, 0.2) is 5.78 Å². The summed E-state index contributed by atoms with van der Waals surface area (Å²) in [7, 11) is 1.46. The van der Waals surface area contributed by atoms with Gasteiger partial charge < -0.3 is 9.47 Å². The van der Waals surface area contributed by atoms with Gasteiger partial charge in [0.2, 0.25) is 0 Å². The Labute approximate surface area is 60.6 Å². The molecule has 0 radical (unpaired) electrons. The van der Waals surface area contributed by atoms with E-state index in [2.05, 4.69) is 0 Å². The lowest BCUT2D eigenvalue weighted by atomic mass is 10.4. The largest absolute Gasteiger partial charge is 0.469 e. The molecule has 0 atom stereocenters. The summed E-state index contributed by atoms with van der Waals surface area (Å²) >= 11 is 0. The SMILES string of the molecule is CCO/C(=C/C(C)=O)OC. The number of hydrogen-bond donors (Lipinski definition) is 0. The second kappa shape index (κ2) is 4.85. The lowest BCUT2D eigenvalue weighted by Gasteiger charge is -2.04. The van der Waals surface area contributed by atoms with E-state index in [1.165, 1.54) is 20.1 Å². The van der Waals surface area contributed by atoms with E-state index in [0.717, 1.165) is 0 Å². The Morgan fingerprint density at radius 3 is 2.50 bits per heavy atom. The maximum Gasteiger partial charge on any atom is 0.282 e. The third-order valence-electron chi connectivity index (χ3n) is 0.809. The highest BCUT2D eigenvalue weighted by atomic mass is 16.7. The summed E-state index contributed by atoms with van der Waals surface area (Å²) in [4.78, 5) is 10.5. The molecule has 0 heterocycles. The molecule has 0 aromatic rings. The number of rotatable bonds is 4. The monoisotopic (exact) mass is 144 g/mol. The molecule has 10 heavy (non-hydrogen) atoms. The molecule has 0 aliphatic rings. The van der Waals surface area contributed by atoms with Crippen LogP contribution in [0.1, 0.15) is 13.8 Å². The first-order chi connectivity index (χ1) is 4.70. The highest BCUT2D eigenvalue weighted by Crippen LogP contribution is 1.96. The van der Waals surface area contributed by atoms with Gasteiger partial charge in [-0.05, 0) is 13.8 Å². The number of ketones is 1. The molecular weight excluding hydrogens is 132 g/mol. The number of ether oxygens (including phenoxy) is 2. The minimum Gasteiger partial charge on any atom is -0.469 e. The maximum atomic E-state index is 10.5. The molecule has 0 aromatic heterocycles. The molecule has 0 N–H and O–H groups in total. The Hall–Kier alpha value is -0.990. The molecule has 0 spiro atoms. The predicted molar refractivity (Wildman–Crippen MR) is 37.4 cm³/mol. The van der Waals surface area contributed by atoms with E-state index >= 15 is 0 Å². The molecule has 0 saturated heterocycles. The lowest BCUT2D eigenvalue weighted by molar-refractivity contribution is -0.113. The summed E-state index contributed by atoms with van der Waals surface area (Å²) in [5.41, 5.74) is 0. The Morgan fingerprint density at radius 1 is 1.60 bits per heavy atom. The van der Waals surface area contributed by atoms with E-state index in [9.17, 15) is 4.79 Å². The first-order valence-electron chi connectivity index (χ1n) is 3.09. The van der Waals surface area contributed by atoms with Crippen LogP contribution in [-0.2, 0) is 14.3 Å². The fourth-order valence-corrected chi connectivity index (χ4v) is 0.468. The van der Waals surface area contributed by atoms with Crippen molar-refractivity contribution in [1.29, 1.82) is 0 Å². The number of allylic oxidation sites excluding steroid dienone is 1. The van der Waals surface area contributed by atoms with Crippen LogP contribution in [0.3, 0.4) is 0 Å². The van der Waals surface area contributed by atoms with E-state index < -0.39 is 0 Å². The molecule has 0 saturated carbocycles. The van der Waals surface area contributed by atoms with E-state index in [1.54, 1.807) is 0 Å². The summed E-state index contributed by atoms with van der Waals surface area (Å²) < 4.78 is 9.64. The molecule has 0 aromatic carbocycles. The lowest BCUT2D eigenvalue weighted by Crippen LogP contribution is -1.96. The number of carbonyl (C=O) groups is 1. The van der Waals surface area contributed by atoms with Gasteiger partial charge in [-0.2, -0.15) is 0 Å². The zero-order valence-corrected chi connectivity index (χ0v) is 6.51. The molecule has 0 bridgehead atoms. The van der Waals surface area contributed by atoms with Crippen LogP contribution in [0.5, 0.6) is 0 Å². The summed E-state index contributed by atoms with van der Waals surface area (Å²) in [5.74, 6) is 0.195. The van der Waals surface area contributed by atoms with Crippen molar-refractivity contribution in [3.8, 4) is 0 Å². The van der Waals surface area contributed by atoms with Crippen LogP contribution in [0, 0.1) is 0 Å². The first kappa shape index (κ1) is 9.01. The van der Waals surface area contributed by atoms with Crippen LogP contribution in [0.2, 0.25) is 0 Å². The van der Waals surface area contributed by atoms with Crippen LogP contribution >= 0.6 is 0 Å². The second-order valence-corrected chi connectivity index (χ2v) is 1.71. The Morgan fingerprint density at radius 2 is 2.20 bits per heavy atom. The average molecular weight is 144 g/mol. The van der Waals surface area contributed by atoms with Crippen molar-refractivity contribution < 1.29 is 14.3 Å². The van der Waals surface area contributed by atoms with E-state index in [-0.39, 0.29) is 11.7 Å². The van der Waals surface area contributed by atoms with Crippen molar-refractivity contribution in [1.82, 2.24) is 0 Å². The molecule has 0 amide bonds. The highest BCUT2D eigenvalue weighted by molar-refractivity contribution is 5.87. The fourth-order valence-electron chi connectivity index (χ4n) is 0.468. The standard InChI is InChI=1S/C7H12O3/c1-4-10-7(9-3)5-6(2)8/h5H,4H2,1-3H3/b7-5+. The Kier molecular flexibility index (Phi) is 4.37. The third-order valence-corrected chi connectivity index (χ3v) is 0.809. The summed E-state index contributed by atoms with van der Waals surface area (Å²) in [5, 5.41) is 0. The van der Waals surface area contributed by atoms with Crippen molar-refractivity contribution in [2.24, 2.45) is 0 Å². The number of methoxy groups -OCH3 is 1. The summed E-state index contributed by atoms with van der Waals surface area (Å²) in [6, 6.07) is 0. The molecule has 0 aliphatic heterocycles. The molecule has 0 fully saturated rings. The van der Waals surface area contributed by atoms with E-state index in [1.807, 2.05) is 6.92 Å². The van der Waals surface area contributed by atoms with Crippen molar-refractivity contribution in [3.63, 3.8) is 0 Å². The molecular formula is C7H12O3. The van der Waals surface area contributed by atoms with Gasteiger partial charge >= 0.3 is 0 Å². The number of carbonyl (C=O) groups excluding carboxylic acids is 1. The minimum atomic E-state index is -0.0784. The molecule has 0 rings (SSSR count). The summed E-state index contributed by atoms with van der Waals surface area (Å²) in [6.07, 6.45) is 1.31. The molecule has 0 aliphatic carbocycles. The van der Waals surface area contributed by atoms with Gasteiger partial charge in [0.05, 0.1) is 19.8 Å². The zero-order valence-electron chi connectivity index (χ0n) is 6.51. The van der Waals surface area contributed by atoms with Crippen molar-refractivity contribution in [2.45, 2.75) is 13.8 Å². The first-order valence-corrected chi connectivity index (χ1v) is 3.09. The molecule has 58 valence electrons. The van der Waals surface area contributed by atoms with Crippen LogP contribution < -0.4 is 0 Å². The zero-order chi connectivity index (χ0) is 7.98. The average Bonchev–Trinajstić information content (AvgIpc) is 1.86. The van der Waals surface area contributed by atoms with Crippen LogP contribution in [0.25, 0.3) is 0 Å². The smallest absolute Gasteiger partial charge is 0.282 e. The molecule has 3 nitrogen and oxygen atoms in total. The fraction of sp³-hybridized carbons (Fsp3) is 0.571. The normalized spacial score (nSPS) is 10.9. The topological polar surface area (TPSA) is 35.5 Å². The van der Waals surface area contributed by atoms with Crippen LogP contribution in [0.4, 0.5) is 0 Å². The van der Waals surface area contributed by atoms with E-state index in [4.69, 9.17) is 9.47 Å². The van der Waals surface area contributed by atoms with Crippen molar-refractivity contribution >= 4 is 5.78 Å². The predicted octanol–water partition coefficient (Wildman–Crippen LogP) is 1.10. The van der Waals surface area contributed by atoms with Crippen molar-refractivity contribution in [2.75, 3.05) is 13.7 Å². The second-order valence-electron chi connectivity index (χ2n) is 1.71. The van der Waals surface area contributed by atoms with Gasteiger partial charge in [-0.25, -0.2) is 0 Å². The summed E-state index contributed by atoms with van der Waals surface area (Å²) in [6.45, 7) is 3.78. The third kappa shape index (κ3) is 3.95. The highest BCUT2D eigenvalue weighted by Gasteiger charge is 1.95. The molecule has 3 heteroatoms. The quantitative estimate of drug-likeness (QED) is 0.438.